The molecule has 2 rings (SSSR count). The van der Waals surface area contributed by atoms with Gasteiger partial charge in [-0.3, -0.25) is 0 Å². The van der Waals surface area contributed by atoms with Crippen molar-refractivity contribution in [2.45, 2.75) is 13.5 Å². The molecule has 0 amide bonds. The number of thiazole rings is 1. The predicted octanol–water partition coefficient (Wildman–Crippen LogP) is 3.68. The monoisotopic (exact) mass is 296 g/mol. The SMILES string of the molecule is CCNCc1csc(-c2ccccc2Br)n1. The second-order valence-electron chi connectivity index (χ2n) is 3.40. The highest BCUT2D eigenvalue weighted by atomic mass is 79.9. The van der Waals surface area contributed by atoms with E-state index in [2.05, 4.69) is 44.6 Å². The molecule has 0 fully saturated rings. The summed E-state index contributed by atoms with van der Waals surface area (Å²) in [5, 5.41) is 6.45. The molecule has 2 aromatic rings. The molecule has 0 aliphatic heterocycles. The lowest BCUT2D eigenvalue weighted by atomic mass is 10.2. The topological polar surface area (TPSA) is 24.9 Å². The molecule has 0 saturated heterocycles. The fraction of sp³-hybridized carbons (Fsp3) is 0.250. The minimum Gasteiger partial charge on any atom is -0.311 e. The zero-order valence-electron chi connectivity index (χ0n) is 9.03. The summed E-state index contributed by atoms with van der Waals surface area (Å²) in [5.74, 6) is 0. The lowest BCUT2D eigenvalue weighted by molar-refractivity contribution is 0.715. The Bertz CT molecular complexity index is 468. The van der Waals surface area contributed by atoms with Gasteiger partial charge in [0.05, 0.1) is 5.69 Å². The van der Waals surface area contributed by atoms with Crippen molar-refractivity contribution >= 4 is 27.3 Å². The van der Waals surface area contributed by atoms with Crippen molar-refractivity contribution in [3.63, 3.8) is 0 Å². The molecular weight excluding hydrogens is 284 g/mol. The van der Waals surface area contributed by atoms with Crippen molar-refractivity contribution in [1.29, 1.82) is 0 Å². The van der Waals surface area contributed by atoms with Gasteiger partial charge in [0.2, 0.25) is 0 Å². The molecule has 0 saturated carbocycles. The number of hydrogen-bond acceptors (Lipinski definition) is 3. The Labute approximate surface area is 108 Å². The highest BCUT2D eigenvalue weighted by Gasteiger charge is 2.06. The largest absolute Gasteiger partial charge is 0.311 e. The van der Waals surface area contributed by atoms with Crippen LogP contribution in [-0.2, 0) is 6.54 Å². The van der Waals surface area contributed by atoms with Gasteiger partial charge in [0.15, 0.2) is 0 Å². The summed E-state index contributed by atoms with van der Waals surface area (Å²) in [5.41, 5.74) is 2.27. The first-order valence-corrected chi connectivity index (χ1v) is 6.88. The minimum absolute atomic E-state index is 0.845. The van der Waals surface area contributed by atoms with Crippen LogP contribution in [0.15, 0.2) is 34.1 Å². The fourth-order valence-corrected chi connectivity index (χ4v) is 2.86. The number of rotatable bonds is 4. The molecule has 16 heavy (non-hydrogen) atoms. The van der Waals surface area contributed by atoms with E-state index in [-0.39, 0.29) is 0 Å². The van der Waals surface area contributed by atoms with Gasteiger partial charge >= 0.3 is 0 Å². The van der Waals surface area contributed by atoms with Crippen molar-refractivity contribution in [2.75, 3.05) is 6.54 Å². The quantitative estimate of drug-likeness (QED) is 0.931. The summed E-state index contributed by atoms with van der Waals surface area (Å²) in [7, 11) is 0. The molecule has 0 atom stereocenters. The zero-order valence-corrected chi connectivity index (χ0v) is 11.4. The van der Waals surface area contributed by atoms with Gasteiger partial charge in [-0.25, -0.2) is 4.98 Å². The summed E-state index contributed by atoms with van der Waals surface area (Å²) in [6.07, 6.45) is 0. The second-order valence-corrected chi connectivity index (χ2v) is 5.12. The Balaban J connectivity index is 2.22. The van der Waals surface area contributed by atoms with E-state index in [4.69, 9.17) is 0 Å². The smallest absolute Gasteiger partial charge is 0.124 e. The molecule has 0 radical (unpaired) electrons. The summed E-state index contributed by atoms with van der Waals surface area (Å²) in [4.78, 5) is 4.60. The van der Waals surface area contributed by atoms with E-state index in [0.717, 1.165) is 33.8 Å². The normalized spacial score (nSPS) is 10.6. The number of halogens is 1. The van der Waals surface area contributed by atoms with Gasteiger partial charge < -0.3 is 5.32 Å². The average Bonchev–Trinajstić information content (AvgIpc) is 2.75. The molecular formula is C12H13BrN2S. The highest BCUT2D eigenvalue weighted by molar-refractivity contribution is 9.10. The average molecular weight is 297 g/mol. The predicted molar refractivity (Wildman–Crippen MR) is 72.6 cm³/mol. The zero-order chi connectivity index (χ0) is 11.4. The van der Waals surface area contributed by atoms with Crippen molar-refractivity contribution < 1.29 is 0 Å². The Morgan fingerprint density at radius 2 is 2.19 bits per heavy atom. The Morgan fingerprint density at radius 3 is 2.94 bits per heavy atom. The van der Waals surface area contributed by atoms with E-state index in [9.17, 15) is 0 Å². The number of nitrogens with one attached hydrogen (secondary N) is 1. The van der Waals surface area contributed by atoms with Gasteiger partial charge in [0, 0.05) is 22.0 Å². The van der Waals surface area contributed by atoms with E-state index >= 15 is 0 Å². The van der Waals surface area contributed by atoms with Gasteiger partial charge in [-0.2, -0.15) is 0 Å². The first kappa shape index (κ1) is 11.8. The summed E-state index contributed by atoms with van der Waals surface area (Å²) >= 11 is 5.23. The number of aromatic nitrogens is 1. The highest BCUT2D eigenvalue weighted by Crippen LogP contribution is 2.30. The lowest BCUT2D eigenvalue weighted by Crippen LogP contribution is -2.11. The van der Waals surface area contributed by atoms with E-state index in [0.29, 0.717) is 0 Å². The van der Waals surface area contributed by atoms with Crippen molar-refractivity contribution in [2.24, 2.45) is 0 Å². The van der Waals surface area contributed by atoms with E-state index in [1.165, 1.54) is 0 Å². The molecule has 1 aromatic heterocycles. The molecule has 0 spiro atoms. The summed E-state index contributed by atoms with van der Waals surface area (Å²) in [6, 6.07) is 8.17. The van der Waals surface area contributed by atoms with Gasteiger partial charge in [-0.05, 0) is 12.6 Å². The lowest BCUT2D eigenvalue weighted by Gasteiger charge is -1.99. The molecule has 1 heterocycles. The minimum atomic E-state index is 0.845. The number of nitrogens with zero attached hydrogens (tertiary/aromatic N) is 1. The molecule has 2 nitrogen and oxygen atoms in total. The fourth-order valence-electron chi connectivity index (χ4n) is 1.40. The van der Waals surface area contributed by atoms with Crippen LogP contribution >= 0.6 is 27.3 Å². The first-order chi connectivity index (χ1) is 7.81. The van der Waals surface area contributed by atoms with Crippen LogP contribution in [0.2, 0.25) is 0 Å². The second kappa shape index (κ2) is 5.57. The molecule has 1 N–H and O–H groups in total. The standard InChI is InChI=1S/C12H13BrN2S/c1-2-14-7-9-8-16-12(15-9)10-5-3-4-6-11(10)13/h3-6,8,14H,2,7H2,1H3. The van der Waals surface area contributed by atoms with Crippen LogP contribution in [0.4, 0.5) is 0 Å². The van der Waals surface area contributed by atoms with Crippen LogP contribution in [0.25, 0.3) is 10.6 Å². The third-order valence-corrected chi connectivity index (χ3v) is 3.83. The number of hydrogen-bond donors (Lipinski definition) is 1. The van der Waals surface area contributed by atoms with Gasteiger partial charge in [-0.1, -0.05) is 41.1 Å². The van der Waals surface area contributed by atoms with E-state index < -0.39 is 0 Å². The molecule has 0 aliphatic rings. The maximum Gasteiger partial charge on any atom is 0.124 e. The summed E-state index contributed by atoms with van der Waals surface area (Å²) in [6.45, 7) is 3.92. The molecule has 84 valence electrons. The molecule has 4 heteroatoms. The van der Waals surface area contributed by atoms with Crippen molar-refractivity contribution in [1.82, 2.24) is 10.3 Å². The van der Waals surface area contributed by atoms with Crippen LogP contribution in [0.3, 0.4) is 0 Å². The van der Waals surface area contributed by atoms with Crippen LogP contribution in [0, 0.1) is 0 Å². The van der Waals surface area contributed by atoms with E-state index in [1.54, 1.807) is 11.3 Å². The third kappa shape index (κ3) is 2.70. The Hall–Kier alpha value is -0.710. The maximum atomic E-state index is 4.60. The molecule has 1 aromatic carbocycles. The molecule has 0 bridgehead atoms. The van der Waals surface area contributed by atoms with Crippen LogP contribution in [0.5, 0.6) is 0 Å². The van der Waals surface area contributed by atoms with Gasteiger partial charge in [0.1, 0.15) is 5.01 Å². The van der Waals surface area contributed by atoms with Crippen molar-refractivity contribution in [3.8, 4) is 10.6 Å². The first-order valence-electron chi connectivity index (χ1n) is 5.21. The molecule has 0 unspecified atom stereocenters. The van der Waals surface area contributed by atoms with Gasteiger partial charge in [-0.15, -0.1) is 11.3 Å². The van der Waals surface area contributed by atoms with Crippen molar-refractivity contribution in [3.05, 3.63) is 39.8 Å². The maximum absolute atomic E-state index is 4.60. The molecule has 0 aliphatic carbocycles. The van der Waals surface area contributed by atoms with E-state index in [1.807, 2.05) is 18.2 Å². The number of benzene rings is 1. The summed E-state index contributed by atoms with van der Waals surface area (Å²) < 4.78 is 1.10. The van der Waals surface area contributed by atoms with Crippen LogP contribution in [-0.4, -0.2) is 11.5 Å². The van der Waals surface area contributed by atoms with Crippen LogP contribution < -0.4 is 5.32 Å². The van der Waals surface area contributed by atoms with Crippen LogP contribution in [0.1, 0.15) is 12.6 Å². The van der Waals surface area contributed by atoms with Gasteiger partial charge in [0.25, 0.3) is 0 Å². The third-order valence-electron chi connectivity index (χ3n) is 2.21. The Morgan fingerprint density at radius 1 is 1.38 bits per heavy atom. The Kier molecular flexibility index (Phi) is 4.09.